The maximum atomic E-state index is 5.89. The Balaban J connectivity index is 1.52. The number of guanidine groups is 1. The lowest BCUT2D eigenvalue weighted by Crippen LogP contribution is -2.68. The Labute approximate surface area is 141 Å². The normalized spacial score (nSPS) is 35.0. The third kappa shape index (κ3) is 3.22. The third-order valence-electron chi connectivity index (χ3n) is 6.22. The molecule has 5 nitrogen and oxygen atoms in total. The molecular formula is C18H34N4O. The fourth-order valence-electron chi connectivity index (χ4n) is 4.69. The molecular weight excluding hydrogens is 288 g/mol. The fourth-order valence-corrected chi connectivity index (χ4v) is 4.69. The molecule has 0 aromatic carbocycles. The molecule has 3 atom stereocenters. The lowest BCUT2D eigenvalue weighted by Gasteiger charge is -2.55. The van der Waals surface area contributed by atoms with E-state index in [4.69, 9.17) is 4.74 Å². The molecule has 1 saturated carbocycles. The van der Waals surface area contributed by atoms with Crippen LogP contribution in [-0.4, -0.2) is 61.8 Å². The molecule has 2 saturated heterocycles. The monoisotopic (exact) mass is 322 g/mol. The second-order valence-corrected chi connectivity index (χ2v) is 8.31. The van der Waals surface area contributed by atoms with Gasteiger partial charge in [0.15, 0.2) is 5.96 Å². The summed E-state index contributed by atoms with van der Waals surface area (Å²) in [6, 6.07) is 1.66. The van der Waals surface area contributed by atoms with Gasteiger partial charge in [-0.15, -0.1) is 0 Å². The average Bonchev–Trinajstić information content (AvgIpc) is 2.98. The van der Waals surface area contributed by atoms with Crippen molar-refractivity contribution >= 4 is 5.96 Å². The van der Waals surface area contributed by atoms with Gasteiger partial charge < -0.3 is 20.3 Å². The first-order valence-electron chi connectivity index (χ1n) is 9.29. The van der Waals surface area contributed by atoms with E-state index in [2.05, 4.69) is 48.2 Å². The quantitative estimate of drug-likeness (QED) is 0.615. The first-order chi connectivity index (χ1) is 10.9. The number of piperidine rings is 1. The lowest BCUT2D eigenvalue weighted by molar-refractivity contribution is -0.106. The Hall–Kier alpha value is -0.810. The number of rotatable bonds is 3. The summed E-state index contributed by atoms with van der Waals surface area (Å²) < 4.78 is 5.89. The summed E-state index contributed by atoms with van der Waals surface area (Å²) in [5, 5.41) is 7.34. The third-order valence-corrected chi connectivity index (χ3v) is 6.22. The predicted octanol–water partition coefficient (Wildman–Crippen LogP) is 1.84. The zero-order chi connectivity index (χ0) is 16.6. The molecule has 3 fully saturated rings. The van der Waals surface area contributed by atoms with Crippen LogP contribution in [0.2, 0.25) is 0 Å². The smallest absolute Gasteiger partial charge is 0.191 e. The van der Waals surface area contributed by atoms with Crippen LogP contribution in [0.4, 0.5) is 0 Å². The van der Waals surface area contributed by atoms with Crippen molar-refractivity contribution in [2.75, 3.05) is 26.7 Å². The highest BCUT2D eigenvalue weighted by Gasteiger charge is 2.59. The van der Waals surface area contributed by atoms with Gasteiger partial charge in [0.1, 0.15) is 0 Å². The highest BCUT2D eigenvalue weighted by Crippen LogP contribution is 2.52. The topological polar surface area (TPSA) is 48.9 Å². The van der Waals surface area contributed by atoms with Gasteiger partial charge in [0.25, 0.3) is 0 Å². The van der Waals surface area contributed by atoms with Crippen LogP contribution in [0.5, 0.6) is 0 Å². The lowest BCUT2D eigenvalue weighted by atomic mass is 9.57. The van der Waals surface area contributed by atoms with Gasteiger partial charge in [-0.2, -0.15) is 0 Å². The number of fused-ring (bicyclic) bond motifs is 1. The Kier molecular flexibility index (Phi) is 4.88. The summed E-state index contributed by atoms with van der Waals surface area (Å²) in [5.74, 6) is 1.61. The summed E-state index contributed by atoms with van der Waals surface area (Å²) >= 11 is 0. The van der Waals surface area contributed by atoms with Crippen LogP contribution < -0.4 is 10.6 Å². The number of aliphatic imine (C=N–C) groups is 1. The summed E-state index contributed by atoms with van der Waals surface area (Å²) in [6.07, 6.45) is 3.99. The summed E-state index contributed by atoms with van der Waals surface area (Å²) in [6.45, 7) is 12.5. The van der Waals surface area contributed by atoms with E-state index in [1.54, 1.807) is 0 Å². The van der Waals surface area contributed by atoms with Gasteiger partial charge in [0.2, 0.25) is 0 Å². The maximum Gasteiger partial charge on any atom is 0.191 e. The Morgan fingerprint density at radius 3 is 2.48 bits per heavy atom. The molecule has 1 aliphatic carbocycles. The van der Waals surface area contributed by atoms with Gasteiger partial charge in [-0.3, -0.25) is 4.99 Å². The van der Waals surface area contributed by atoms with Gasteiger partial charge in [-0.1, -0.05) is 13.8 Å². The number of likely N-dealkylation sites (tertiary alicyclic amines) is 1. The van der Waals surface area contributed by atoms with E-state index >= 15 is 0 Å². The van der Waals surface area contributed by atoms with Crippen LogP contribution in [0.1, 0.15) is 47.0 Å². The molecule has 0 radical (unpaired) electrons. The van der Waals surface area contributed by atoms with E-state index < -0.39 is 0 Å². The van der Waals surface area contributed by atoms with Gasteiger partial charge in [-0.05, 0) is 33.1 Å². The average molecular weight is 322 g/mol. The zero-order valence-electron chi connectivity index (χ0n) is 15.4. The molecule has 2 heterocycles. The van der Waals surface area contributed by atoms with Gasteiger partial charge in [-0.25, -0.2) is 0 Å². The highest BCUT2D eigenvalue weighted by atomic mass is 16.5. The Bertz CT molecular complexity index is 440. The second kappa shape index (κ2) is 6.60. The van der Waals surface area contributed by atoms with Crippen molar-refractivity contribution in [3.8, 4) is 0 Å². The maximum absolute atomic E-state index is 5.89. The van der Waals surface area contributed by atoms with Crippen molar-refractivity contribution < 1.29 is 4.74 Å². The van der Waals surface area contributed by atoms with Crippen molar-refractivity contribution in [2.24, 2.45) is 16.3 Å². The van der Waals surface area contributed by atoms with Crippen molar-refractivity contribution in [1.82, 2.24) is 15.5 Å². The minimum absolute atomic E-state index is 0.194. The van der Waals surface area contributed by atoms with Crippen molar-refractivity contribution in [3.05, 3.63) is 0 Å². The molecule has 0 bridgehead atoms. The van der Waals surface area contributed by atoms with E-state index in [9.17, 15) is 0 Å². The zero-order valence-corrected chi connectivity index (χ0v) is 15.4. The van der Waals surface area contributed by atoms with Crippen LogP contribution in [0.25, 0.3) is 0 Å². The first-order valence-corrected chi connectivity index (χ1v) is 9.29. The van der Waals surface area contributed by atoms with Crippen molar-refractivity contribution in [3.63, 3.8) is 0 Å². The van der Waals surface area contributed by atoms with Gasteiger partial charge in [0.05, 0.1) is 6.10 Å². The summed E-state index contributed by atoms with van der Waals surface area (Å²) in [4.78, 5) is 7.04. The molecule has 3 rings (SSSR count). The van der Waals surface area contributed by atoms with Crippen LogP contribution in [-0.2, 0) is 4.74 Å². The molecule has 132 valence electrons. The summed E-state index contributed by atoms with van der Waals surface area (Å²) in [5.41, 5.74) is 0.194. The van der Waals surface area contributed by atoms with E-state index in [1.807, 2.05) is 7.05 Å². The molecule has 0 aromatic rings. The number of ether oxygens (including phenoxy) is 1. The Morgan fingerprint density at radius 1 is 1.17 bits per heavy atom. The number of nitrogens with one attached hydrogen (secondary N) is 2. The molecule has 0 spiro atoms. The molecule has 5 heteroatoms. The largest absolute Gasteiger partial charge is 0.377 e. The van der Waals surface area contributed by atoms with Gasteiger partial charge in [0, 0.05) is 56.2 Å². The minimum atomic E-state index is 0.194. The van der Waals surface area contributed by atoms with Crippen LogP contribution in [0.15, 0.2) is 4.99 Å². The molecule has 0 aromatic heterocycles. The van der Waals surface area contributed by atoms with Gasteiger partial charge >= 0.3 is 0 Å². The first kappa shape index (κ1) is 17.0. The second-order valence-electron chi connectivity index (χ2n) is 8.31. The van der Waals surface area contributed by atoms with Crippen LogP contribution in [0, 0.1) is 11.3 Å². The van der Waals surface area contributed by atoms with E-state index in [0.29, 0.717) is 30.1 Å². The number of hydrogen-bond donors (Lipinski definition) is 2. The van der Waals surface area contributed by atoms with E-state index in [0.717, 1.165) is 12.6 Å². The SMILES string of the molecule is CN=C(NC1CCN(C(C)C)CC1)NC1C2CCOC2C1(C)C. The van der Waals surface area contributed by atoms with Crippen molar-refractivity contribution in [1.29, 1.82) is 0 Å². The van der Waals surface area contributed by atoms with Crippen molar-refractivity contribution in [2.45, 2.75) is 71.2 Å². The predicted molar refractivity (Wildman–Crippen MR) is 94.8 cm³/mol. The van der Waals surface area contributed by atoms with Crippen LogP contribution >= 0.6 is 0 Å². The molecule has 2 N–H and O–H groups in total. The fraction of sp³-hybridized carbons (Fsp3) is 0.944. The molecule has 3 unspecified atom stereocenters. The van der Waals surface area contributed by atoms with Crippen LogP contribution in [0.3, 0.4) is 0 Å². The molecule has 2 aliphatic heterocycles. The standard InChI is InChI=1S/C18H34N4O/c1-12(2)22-9-6-13(7-10-22)20-17(19-5)21-15-14-8-11-23-16(14)18(15,3)4/h12-16H,6-11H2,1-5H3,(H2,19,20,21). The Morgan fingerprint density at radius 2 is 1.87 bits per heavy atom. The minimum Gasteiger partial charge on any atom is -0.377 e. The molecule has 23 heavy (non-hydrogen) atoms. The number of nitrogens with zero attached hydrogens (tertiary/aromatic N) is 2. The van der Waals surface area contributed by atoms with E-state index in [-0.39, 0.29) is 5.41 Å². The van der Waals surface area contributed by atoms with E-state index in [1.165, 1.54) is 32.4 Å². The number of hydrogen-bond acceptors (Lipinski definition) is 3. The molecule has 3 aliphatic rings. The molecule has 0 amide bonds. The summed E-state index contributed by atoms with van der Waals surface area (Å²) in [7, 11) is 1.88. The highest BCUT2D eigenvalue weighted by molar-refractivity contribution is 5.80.